The fraction of sp³-hybridized carbons (Fsp3) is 0.857. The molecule has 0 bridgehead atoms. The van der Waals surface area contributed by atoms with E-state index in [9.17, 15) is 0 Å². The van der Waals surface area contributed by atoms with Crippen LogP contribution < -0.4 is 11.1 Å². The Bertz CT molecular complexity index is 321. The largest absolute Gasteiger partial charge is 0.329 e. The van der Waals surface area contributed by atoms with Gasteiger partial charge in [0.15, 0.2) is 0 Å². The average molecular weight is 267 g/mol. The highest BCUT2D eigenvalue weighted by atomic mass is 15.4. The third-order valence-electron chi connectivity index (χ3n) is 3.14. The summed E-state index contributed by atoms with van der Waals surface area (Å²) in [5.41, 5.74) is 6.46. The van der Waals surface area contributed by atoms with Crippen LogP contribution in [0.1, 0.15) is 51.6 Å². The maximum Gasteiger partial charge on any atom is 0.0964 e. The molecule has 0 unspecified atom stereocenters. The van der Waals surface area contributed by atoms with Crippen LogP contribution in [0.2, 0.25) is 0 Å². The fourth-order valence-electron chi connectivity index (χ4n) is 2.03. The van der Waals surface area contributed by atoms with Crippen molar-refractivity contribution in [2.24, 2.45) is 11.7 Å². The summed E-state index contributed by atoms with van der Waals surface area (Å²) >= 11 is 0. The molecule has 1 rings (SSSR count). The van der Waals surface area contributed by atoms with E-state index in [4.69, 9.17) is 5.73 Å². The van der Waals surface area contributed by atoms with Gasteiger partial charge in [0.05, 0.1) is 12.2 Å². The molecule has 0 aliphatic carbocycles. The number of unbranched alkanes of at least 4 members (excludes halogenated alkanes) is 3. The first-order valence-electron chi connectivity index (χ1n) is 7.52. The van der Waals surface area contributed by atoms with Crippen LogP contribution >= 0.6 is 0 Å². The van der Waals surface area contributed by atoms with Gasteiger partial charge in [-0.25, -0.2) is 0 Å². The van der Waals surface area contributed by atoms with Crippen molar-refractivity contribution in [3.05, 3.63) is 11.9 Å². The van der Waals surface area contributed by atoms with E-state index in [-0.39, 0.29) is 0 Å². The summed E-state index contributed by atoms with van der Waals surface area (Å²) in [6.07, 6.45) is 8.60. The quantitative estimate of drug-likeness (QED) is 0.601. The summed E-state index contributed by atoms with van der Waals surface area (Å²) in [6, 6.07) is 0. The molecule has 0 saturated heterocycles. The molecule has 0 aliphatic heterocycles. The lowest BCUT2D eigenvalue weighted by atomic mass is 10.0. The number of aromatic nitrogens is 3. The van der Waals surface area contributed by atoms with Crippen LogP contribution in [0.5, 0.6) is 0 Å². The van der Waals surface area contributed by atoms with E-state index in [1.54, 1.807) is 4.68 Å². The number of nitrogens with one attached hydrogen (secondary N) is 1. The molecule has 19 heavy (non-hydrogen) atoms. The Balaban J connectivity index is 1.95. The SMILES string of the molecule is CC(C)CCCCCCNCc1cn(CCN)nn1. The molecule has 5 nitrogen and oxygen atoms in total. The monoisotopic (exact) mass is 267 g/mol. The number of rotatable bonds is 11. The molecular formula is C14H29N5. The van der Waals surface area contributed by atoms with Crippen molar-refractivity contribution >= 4 is 0 Å². The molecule has 3 N–H and O–H groups in total. The van der Waals surface area contributed by atoms with E-state index < -0.39 is 0 Å². The van der Waals surface area contributed by atoms with Crippen LogP contribution in [0.4, 0.5) is 0 Å². The van der Waals surface area contributed by atoms with Gasteiger partial charge >= 0.3 is 0 Å². The third kappa shape index (κ3) is 7.95. The normalized spacial score (nSPS) is 11.4. The summed E-state index contributed by atoms with van der Waals surface area (Å²) < 4.78 is 1.79. The number of hydrogen-bond acceptors (Lipinski definition) is 4. The molecule has 0 saturated carbocycles. The Morgan fingerprint density at radius 2 is 2.05 bits per heavy atom. The van der Waals surface area contributed by atoms with Crippen molar-refractivity contribution in [1.82, 2.24) is 20.3 Å². The van der Waals surface area contributed by atoms with Crippen molar-refractivity contribution in [1.29, 1.82) is 0 Å². The van der Waals surface area contributed by atoms with E-state index >= 15 is 0 Å². The highest BCUT2D eigenvalue weighted by Gasteiger charge is 1.99. The summed E-state index contributed by atoms with van der Waals surface area (Å²) in [5.74, 6) is 0.842. The molecule has 0 radical (unpaired) electrons. The van der Waals surface area contributed by atoms with Gasteiger partial charge in [0.1, 0.15) is 0 Å². The predicted octanol–water partition coefficient (Wildman–Crippen LogP) is 1.93. The van der Waals surface area contributed by atoms with E-state index in [1.165, 1.54) is 32.1 Å². The van der Waals surface area contributed by atoms with Gasteiger partial charge in [0.25, 0.3) is 0 Å². The lowest BCUT2D eigenvalue weighted by Gasteiger charge is -2.05. The van der Waals surface area contributed by atoms with E-state index in [0.29, 0.717) is 6.54 Å². The fourth-order valence-corrected chi connectivity index (χ4v) is 2.03. The van der Waals surface area contributed by atoms with Crippen molar-refractivity contribution in [3.8, 4) is 0 Å². The highest BCUT2D eigenvalue weighted by Crippen LogP contribution is 2.08. The molecule has 0 amide bonds. The first-order valence-corrected chi connectivity index (χ1v) is 7.52. The van der Waals surface area contributed by atoms with Gasteiger partial charge in [-0.15, -0.1) is 5.10 Å². The maximum atomic E-state index is 5.46. The maximum absolute atomic E-state index is 5.46. The molecule has 1 aromatic rings. The molecule has 0 aromatic carbocycles. The second-order valence-corrected chi connectivity index (χ2v) is 5.54. The Morgan fingerprint density at radius 1 is 1.26 bits per heavy atom. The summed E-state index contributed by atoms with van der Waals surface area (Å²) in [4.78, 5) is 0. The van der Waals surface area contributed by atoms with Crippen LogP contribution in [-0.2, 0) is 13.1 Å². The second kappa shape index (κ2) is 9.92. The summed E-state index contributed by atoms with van der Waals surface area (Å²) in [7, 11) is 0. The van der Waals surface area contributed by atoms with E-state index in [2.05, 4.69) is 29.5 Å². The molecular weight excluding hydrogens is 238 g/mol. The van der Waals surface area contributed by atoms with Gasteiger partial charge < -0.3 is 11.1 Å². The zero-order chi connectivity index (χ0) is 13.9. The molecule has 1 aromatic heterocycles. The minimum atomic E-state index is 0.604. The minimum absolute atomic E-state index is 0.604. The number of nitrogens with zero attached hydrogens (tertiary/aromatic N) is 3. The van der Waals surface area contributed by atoms with Crippen molar-refractivity contribution in [2.75, 3.05) is 13.1 Å². The smallest absolute Gasteiger partial charge is 0.0964 e. The topological polar surface area (TPSA) is 68.8 Å². The summed E-state index contributed by atoms with van der Waals surface area (Å²) in [6.45, 7) is 7.79. The molecule has 0 spiro atoms. The number of hydrogen-bond donors (Lipinski definition) is 2. The first-order chi connectivity index (χ1) is 9.22. The van der Waals surface area contributed by atoms with Gasteiger partial charge in [-0.3, -0.25) is 4.68 Å². The van der Waals surface area contributed by atoms with Crippen LogP contribution in [0.3, 0.4) is 0 Å². The first kappa shape index (κ1) is 16.1. The minimum Gasteiger partial charge on any atom is -0.329 e. The van der Waals surface area contributed by atoms with Gasteiger partial charge in [0, 0.05) is 19.3 Å². The lowest BCUT2D eigenvalue weighted by Crippen LogP contribution is -2.15. The molecule has 1 heterocycles. The molecule has 110 valence electrons. The lowest BCUT2D eigenvalue weighted by molar-refractivity contribution is 0.511. The van der Waals surface area contributed by atoms with Gasteiger partial charge in [0.2, 0.25) is 0 Å². The van der Waals surface area contributed by atoms with Gasteiger partial charge in [-0.1, -0.05) is 44.7 Å². The Hall–Kier alpha value is -0.940. The Morgan fingerprint density at radius 3 is 2.79 bits per heavy atom. The molecule has 0 atom stereocenters. The van der Waals surface area contributed by atoms with Crippen LogP contribution in [0, 0.1) is 5.92 Å². The Kier molecular flexibility index (Phi) is 8.41. The van der Waals surface area contributed by atoms with Crippen LogP contribution in [0.25, 0.3) is 0 Å². The standard InChI is InChI=1S/C14H29N5/c1-13(2)7-5-3-4-6-9-16-11-14-12-19(10-8-15)18-17-14/h12-13,16H,3-11,15H2,1-2H3. The van der Waals surface area contributed by atoms with E-state index in [1.807, 2.05) is 6.20 Å². The number of nitrogens with two attached hydrogens (primary N) is 1. The van der Waals surface area contributed by atoms with Crippen molar-refractivity contribution < 1.29 is 0 Å². The molecule has 0 fully saturated rings. The summed E-state index contributed by atoms with van der Waals surface area (Å²) in [5, 5.41) is 11.5. The van der Waals surface area contributed by atoms with Crippen LogP contribution in [-0.4, -0.2) is 28.1 Å². The molecule has 0 aliphatic rings. The zero-order valence-corrected chi connectivity index (χ0v) is 12.4. The average Bonchev–Trinajstić information content (AvgIpc) is 2.80. The van der Waals surface area contributed by atoms with Crippen molar-refractivity contribution in [2.45, 2.75) is 59.0 Å². The van der Waals surface area contributed by atoms with Crippen LogP contribution in [0.15, 0.2) is 6.20 Å². The predicted molar refractivity (Wildman–Crippen MR) is 78.7 cm³/mol. The van der Waals surface area contributed by atoms with E-state index in [0.717, 1.165) is 31.2 Å². The van der Waals surface area contributed by atoms with Gasteiger partial charge in [-0.05, 0) is 18.9 Å². The Labute approximate surface area is 116 Å². The third-order valence-corrected chi connectivity index (χ3v) is 3.14. The zero-order valence-electron chi connectivity index (χ0n) is 12.4. The second-order valence-electron chi connectivity index (χ2n) is 5.54. The molecule has 5 heteroatoms. The van der Waals surface area contributed by atoms with Crippen molar-refractivity contribution in [3.63, 3.8) is 0 Å². The highest BCUT2D eigenvalue weighted by molar-refractivity contribution is 4.91. The van der Waals surface area contributed by atoms with Gasteiger partial charge in [-0.2, -0.15) is 0 Å².